The third kappa shape index (κ3) is 6.36. The molecule has 0 fully saturated rings. The van der Waals surface area contributed by atoms with Gasteiger partial charge in [-0.3, -0.25) is 10.0 Å². The maximum absolute atomic E-state index is 10.6. The number of hydrogen-bond donors (Lipinski definition) is 4. The van der Waals surface area contributed by atoms with Gasteiger partial charge in [-0.1, -0.05) is 6.42 Å². The molecule has 0 aromatic heterocycles. The first kappa shape index (κ1) is 14.2. The fraction of sp³-hybridized carbons (Fsp3) is 0.833. The van der Waals surface area contributed by atoms with Gasteiger partial charge in [0, 0.05) is 0 Å². The number of carbonyl (C=O) groups is 1. The number of nitrogens with two attached hydrogens (primary N) is 2. The van der Waals surface area contributed by atoms with Crippen LogP contribution in [0, 0.1) is 0 Å². The van der Waals surface area contributed by atoms with Crippen LogP contribution in [0.1, 0.15) is 19.3 Å². The van der Waals surface area contributed by atoms with E-state index in [0.29, 0.717) is 13.0 Å². The van der Waals surface area contributed by atoms with E-state index in [1.54, 1.807) is 0 Å². The molecule has 5 nitrogen and oxygen atoms in total. The Morgan fingerprint density at radius 2 is 2.08 bits per heavy atom. The molecule has 12 heavy (non-hydrogen) atoms. The summed E-state index contributed by atoms with van der Waals surface area (Å²) in [6.45, 7) is 0.605. The second-order valence-corrected chi connectivity index (χ2v) is 2.37. The lowest BCUT2D eigenvalue weighted by Crippen LogP contribution is -2.38. The van der Waals surface area contributed by atoms with Crippen LogP contribution < -0.4 is 16.9 Å². The van der Waals surface area contributed by atoms with E-state index in [9.17, 15) is 4.79 Å². The molecule has 0 heterocycles. The highest BCUT2D eigenvalue weighted by Gasteiger charge is 2.10. The minimum atomic E-state index is -0.619. The van der Waals surface area contributed by atoms with Crippen LogP contribution in [0.3, 0.4) is 0 Å². The third-order valence-corrected chi connectivity index (χ3v) is 1.42. The van der Waals surface area contributed by atoms with Gasteiger partial charge in [0.25, 0.3) is 5.91 Å². The Bertz CT molecular complexity index is 123. The van der Waals surface area contributed by atoms with Crippen molar-refractivity contribution < 1.29 is 10.0 Å². The van der Waals surface area contributed by atoms with Gasteiger partial charge in [0.2, 0.25) is 0 Å². The van der Waals surface area contributed by atoms with Crippen molar-refractivity contribution in [2.24, 2.45) is 11.5 Å². The number of rotatable bonds is 5. The van der Waals surface area contributed by atoms with Crippen molar-refractivity contribution >= 4 is 18.3 Å². The zero-order valence-corrected chi connectivity index (χ0v) is 7.64. The zero-order valence-electron chi connectivity index (χ0n) is 6.82. The smallest absolute Gasteiger partial charge is 0.260 e. The topological polar surface area (TPSA) is 101 Å². The number of nitrogens with one attached hydrogen (secondary N) is 1. The Morgan fingerprint density at radius 3 is 2.50 bits per heavy atom. The molecule has 74 valence electrons. The molecule has 0 aliphatic carbocycles. The average molecular weight is 198 g/mol. The predicted molar refractivity (Wildman–Crippen MR) is 48.1 cm³/mol. The Kier molecular flexibility index (Phi) is 10.3. The van der Waals surface area contributed by atoms with Crippen molar-refractivity contribution in [1.29, 1.82) is 0 Å². The molecule has 0 radical (unpaired) electrons. The molecule has 0 saturated heterocycles. The summed E-state index contributed by atoms with van der Waals surface area (Å²) >= 11 is 0. The van der Waals surface area contributed by atoms with Gasteiger partial charge in [-0.25, -0.2) is 5.48 Å². The fourth-order valence-corrected chi connectivity index (χ4v) is 0.723. The first-order chi connectivity index (χ1) is 5.22. The van der Waals surface area contributed by atoms with Crippen molar-refractivity contribution in [2.45, 2.75) is 25.3 Å². The number of amides is 1. The first-order valence-electron chi connectivity index (χ1n) is 3.62. The molecule has 0 rings (SSSR count). The highest BCUT2D eigenvalue weighted by molar-refractivity contribution is 5.85. The summed E-state index contributed by atoms with van der Waals surface area (Å²) < 4.78 is 0. The summed E-state index contributed by atoms with van der Waals surface area (Å²) in [5, 5.41) is 8.16. The molecular formula is C6H16ClN3O2. The molecule has 0 saturated carbocycles. The Labute approximate surface area is 77.9 Å². The van der Waals surface area contributed by atoms with Crippen LogP contribution in [0.4, 0.5) is 0 Å². The molecule has 6 N–H and O–H groups in total. The minimum Gasteiger partial charge on any atom is -0.330 e. The van der Waals surface area contributed by atoms with Crippen LogP contribution in [-0.4, -0.2) is 23.7 Å². The van der Waals surface area contributed by atoms with Gasteiger partial charge in [0.15, 0.2) is 0 Å². The molecule has 0 aliphatic rings. The molecule has 0 aromatic carbocycles. The number of hydroxylamine groups is 1. The molecule has 6 heteroatoms. The molecule has 1 atom stereocenters. The van der Waals surface area contributed by atoms with Crippen LogP contribution in [0.2, 0.25) is 0 Å². The second-order valence-electron chi connectivity index (χ2n) is 2.37. The molecule has 1 amide bonds. The molecule has 0 aliphatic heterocycles. The number of carbonyl (C=O) groups excluding carboxylic acids is 1. The van der Waals surface area contributed by atoms with Crippen LogP contribution in [0.25, 0.3) is 0 Å². The molecule has 1 unspecified atom stereocenters. The lowest BCUT2D eigenvalue weighted by Gasteiger charge is -2.07. The van der Waals surface area contributed by atoms with E-state index in [1.807, 2.05) is 0 Å². The zero-order chi connectivity index (χ0) is 8.69. The largest absolute Gasteiger partial charge is 0.330 e. The molecule has 0 spiro atoms. The summed E-state index contributed by atoms with van der Waals surface area (Å²) in [6, 6.07) is -0.619. The number of hydrogen-bond acceptors (Lipinski definition) is 4. The first-order valence-corrected chi connectivity index (χ1v) is 3.62. The monoisotopic (exact) mass is 197 g/mol. The summed E-state index contributed by atoms with van der Waals surface area (Å²) in [6.07, 6.45) is 2.22. The van der Waals surface area contributed by atoms with E-state index in [-0.39, 0.29) is 12.4 Å². The van der Waals surface area contributed by atoms with Gasteiger partial charge >= 0.3 is 0 Å². The van der Waals surface area contributed by atoms with Crippen LogP contribution in [0.5, 0.6) is 0 Å². The standard InChI is InChI=1S/C6H15N3O2.ClH/c7-4-2-1-3-5(8)6(10)9-11;/h5,11H,1-4,7-8H2,(H,9,10);1H. The summed E-state index contributed by atoms with van der Waals surface area (Å²) in [5.74, 6) is -0.540. The second kappa shape index (κ2) is 8.73. The lowest BCUT2D eigenvalue weighted by atomic mass is 10.1. The minimum absolute atomic E-state index is 0. The molecule has 0 aromatic rings. The highest BCUT2D eigenvalue weighted by atomic mass is 35.5. The van der Waals surface area contributed by atoms with Gasteiger partial charge in [0.1, 0.15) is 0 Å². The summed E-state index contributed by atoms with van der Waals surface area (Å²) in [5.41, 5.74) is 12.1. The quantitative estimate of drug-likeness (QED) is 0.268. The predicted octanol–water partition coefficient (Wildman–Crippen LogP) is -0.630. The van der Waals surface area contributed by atoms with Crippen molar-refractivity contribution in [2.75, 3.05) is 6.54 Å². The van der Waals surface area contributed by atoms with E-state index < -0.39 is 11.9 Å². The van der Waals surface area contributed by atoms with Gasteiger partial charge < -0.3 is 11.5 Å². The maximum atomic E-state index is 10.6. The van der Waals surface area contributed by atoms with Crippen molar-refractivity contribution in [3.05, 3.63) is 0 Å². The van der Waals surface area contributed by atoms with E-state index in [0.717, 1.165) is 12.8 Å². The number of unbranched alkanes of at least 4 members (excludes halogenated alkanes) is 1. The fourth-order valence-electron chi connectivity index (χ4n) is 0.723. The summed E-state index contributed by atoms with van der Waals surface area (Å²) in [7, 11) is 0. The maximum Gasteiger partial charge on any atom is 0.260 e. The van der Waals surface area contributed by atoms with E-state index in [2.05, 4.69) is 0 Å². The van der Waals surface area contributed by atoms with Gasteiger partial charge in [-0.2, -0.15) is 0 Å². The van der Waals surface area contributed by atoms with E-state index >= 15 is 0 Å². The van der Waals surface area contributed by atoms with E-state index in [4.69, 9.17) is 16.7 Å². The van der Waals surface area contributed by atoms with Crippen LogP contribution in [-0.2, 0) is 4.79 Å². The molecule has 0 bridgehead atoms. The Hall–Kier alpha value is -0.360. The lowest BCUT2D eigenvalue weighted by molar-refractivity contribution is -0.130. The third-order valence-electron chi connectivity index (χ3n) is 1.42. The normalized spacial score (nSPS) is 11.6. The van der Waals surface area contributed by atoms with Crippen molar-refractivity contribution in [1.82, 2.24) is 5.48 Å². The highest BCUT2D eigenvalue weighted by Crippen LogP contribution is 1.96. The number of halogens is 1. The molecular weight excluding hydrogens is 182 g/mol. The van der Waals surface area contributed by atoms with Gasteiger partial charge in [-0.15, -0.1) is 12.4 Å². The average Bonchev–Trinajstić information content (AvgIpc) is 2.03. The Morgan fingerprint density at radius 1 is 1.50 bits per heavy atom. The van der Waals surface area contributed by atoms with Gasteiger partial charge in [-0.05, 0) is 19.4 Å². The van der Waals surface area contributed by atoms with Gasteiger partial charge in [0.05, 0.1) is 6.04 Å². The van der Waals surface area contributed by atoms with Crippen molar-refractivity contribution in [3.8, 4) is 0 Å². The van der Waals surface area contributed by atoms with Crippen LogP contribution >= 0.6 is 12.4 Å². The Balaban J connectivity index is 0. The van der Waals surface area contributed by atoms with Crippen molar-refractivity contribution in [3.63, 3.8) is 0 Å². The van der Waals surface area contributed by atoms with E-state index in [1.165, 1.54) is 5.48 Å². The van der Waals surface area contributed by atoms with Crippen LogP contribution in [0.15, 0.2) is 0 Å². The summed E-state index contributed by atoms with van der Waals surface area (Å²) in [4.78, 5) is 10.6. The SMILES string of the molecule is Cl.NCCCCC(N)C(=O)NO.